The summed E-state index contributed by atoms with van der Waals surface area (Å²) in [6.07, 6.45) is 5.54. The van der Waals surface area contributed by atoms with Crippen LogP contribution in [-0.2, 0) is 17.8 Å². The van der Waals surface area contributed by atoms with Gasteiger partial charge in [-0.25, -0.2) is 0 Å². The second-order valence-corrected chi connectivity index (χ2v) is 8.01. The molecule has 6 nitrogen and oxygen atoms in total. The molecule has 164 valence electrons. The van der Waals surface area contributed by atoms with Crippen molar-refractivity contribution in [1.29, 1.82) is 0 Å². The molecule has 2 heterocycles. The van der Waals surface area contributed by atoms with E-state index in [9.17, 15) is 4.79 Å². The molecule has 2 aliphatic rings. The minimum Gasteiger partial charge on any atom is -0.493 e. The fourth-order valence-corrected chi connectivity index (χ4v) is 4.54. The summed E-state index contributed by atoms with van der Waals surface area (Å²) in [5.41, 5.74) is 3.70. The molecule has 1 atom stereocenters. The maximum absolute atomic E-state index is 12.8. The van der Waals surface area contributed by atoms with Crippen LogP contribution in [0.15, 0.2) is 42.5 Å². The molecule has 0 aliphatic carbocycles. The van der Waals surface area contributed by atoms with Crippen molar-refractivity contribution < 1.29 is 19.0 Å². The standard InChI is InChI=1S/C25H30N2O4/c1-29-22-14-18(15-23(30-2)25(22)31-3)8-9-24(28)27-13-11-21(17-27)26-12-10-19-6-4-5-7-20(19)16-26/h4-9,14-15,21H,10-13,16-17H2,1-3H3/b9-8+. The van der Waals surface area contributed by atoms with Crippen molar-refractivity contribution in [1.82, 2.24) is 9.80 Å². The number of hydrogen-bond acceptors (Lipinski definition) is 5. The van der Waals surface area contributed by atoms with Crippen molar-refractivity contribution in [2.24, 2.45) is 0 Å². The first kappa shape index (κ1) is 21.2. The fraction of sp³-hybridized carbons (Fsp3) is 0.400. The number of carbonyl (C=O) groups is 1. The van der Waals surface area contributed by atoms with Crippen molar-refractivity contribution in [3.05, 3.63) is 59.2 Å². The third-order valence-corrected chi connectivity index (χ3v) is 6.26. The van der Waals surface area contributed by atoms with Crippen LogP contribution in [0.25, 0.3) is 6.08 Å². The largest absolute Gasteiger partial charge is 0.493 e. The molecule has 1 amide bonds. The molecule has 0 radical (unpaired) electrons. The molecule has 1 saturated heterocycles. The zero-order chi connectivity index (χ0) is 21.8. The summed E-state index contributed by atoms with van der Waals surface area (Å²) in [5, 5.41) is 0. The maximum atomic E-state index is 12.8. The number of amides is 1. The first-order valence-electron chi connectivity index (χ1n) is 10.7. The smallest absolute Gasteiger partial charge is 0.246 e. The number of nitrogens with zero attached hydrogens (tertiary/aromatic N) is 2. The van der Waals surface area contributed by atoms with Crippen LogP contribution in [0.4, 0.5) is 0 Å². The Balaban J connectivity index is 1.39. The van der Waals surface area contributed by atoms with E-state index < -0.39 is 0 Å². The second-order valence-electron chi connectivity index (χ2n) is 8.01. The SMILES string of the molecule is COc1cc(/C=C/C(=O)N2CCC(N3CCc4ccccc4C3)C2)cc(OC)c1OC. The minimum atomic E-state index is 0.0358. The monoisotopic (exact) mass is 422 g/mol. The molecule has 1 unspecified atom stereocenters. The fourth-order valence-electron chi connectivity index (χ4n) is 4.54. The summed E-state index contributed by atoms with van der Waals surface area (Å²) < 4.78 is 16.1. The van der Waals surface area contributed by atoms with E-state index in [1.54, 1.807) is 33.5 Å². The van der Waals surface area contributed by atoms with Gasteiger partial charge in [0.1, 0.15) is 0 Å². The average Bonchev–Trinajstić information content (AvgIpc) is 3.32. The lowest BCUT2D eigenvalue weighted by Gasteiger charge is -2.33. The van der Waals surface area contributed by atoms with Gasteiger partial charge in [-0.05, 0) is 47.7 Å². The first-order chi connectivity index (χ1) is 15.1. The van der Waals surface area contributed by atoms with Crippen LogP contribution in [0, 0.1) is 0 Å². The van der Waals surface area contributed by atoms with Crippen LogP contribution >= 0.6 is 0 Å². The van der Waals surface area contributed by atoms with Gasteiger partial charge in [0.25, 0.3) is 0 Å². The number of hydrogen-bond donors (Lipinski definition) is 0. The van der Waals surface area contributed by atoms with Gasteiger partial charge in [0.05, 0.1) is 21.3 Å². The number of carbonyl (C=O) groups excluding carboxylic acids is 1. The number of ether oxygens (including phenoxy) is 3. The predicted octanol–water partition coefficient (Wildman–Crippen LogP) is 3.38. The summed E-state index contributed by atoms with van der Waals surface area (Å²) in [5.74, 6) is 1.72. The highest BCUT2D eigenvalue weighted by Crippen LogP contribution is 2.38. The summed E-state index contributed by atoms with van der Waals surface area (Å²) in [4.78, 5) is 17.3. The molecule has 6 heteroatoms. The molecule has 2 aromatic carbocycles. The Morgan fingerprint density at radius 2 is 1.71 bits per heavy atom. The predicted molar refractivity (Wildman–Crippen MR) is 121 cm³/mol. The van der Waals surface area contributed by atoms with E-state index in [4.69, 9.17) is 14.2 Å². The van der Waals surface area contributed by atoms with Gasteiger partial charge in [-0.2, -0.15) is 0 Å². The maximum Gasteiger partial charge on any atom is 0.246 e. The highest BCUT2D eigenvalue weighted by Gasteiger charge is 2.31. The highest BCUT2D eigenvalue weighted by molar-refractivity contribution is 5.92. The van der Waals surface area contributed by atoms with E-state index in [1.807, 2.05) is 17.0 Å². The van der Waals surface area contributed by atoms with Crippen molar-refractivity contribution in [3.63, 3.8) is 0 Å². The normalized spacial score (nSPS) is 18.8. The number of likely N-dealkylation sites (tertiary alicyclic amines) is 1. The Morgan fingerprint density at radius 1 is 1.00 bits per heavy atom. The topological polar surface area (TPSA) is 51.2 Å². The zero-order valence-corrected chi connectivity index (χ0v) is 18.5. The van der Waals surface area contributed by atoms with Gasteiger partial charge >= 0.3 is 0 Å². The molecule has 0 N–H and O–H groups in total. The van der Waals surface area contributed by atoms with E-state index in [2.05, 4.69) is 29.2 Å². The minimum absolute atomic E-state index is 0.0358. The van der Waals surface area contributed by atoms with Crippen LogP contribution in [-0.4, -0.2) is 62.7 Å². The van der Waals surface area contributed by atoms with E-state index >= 15 is 0 Å². The zero-order valence-electron chi connectivity index (χ0n) is 18.5. The third-order valence-electron chi connectivity index (χ3n) is 6.26. The van der Waals surface area contributed by atoms with Crippen LogP contribution in [0.1, 0.15) is 23.1 Å². The molecule has 0 aromatic heterocycles. The molecule has 4 rings (SSSR count). The Kier molecular flexibility index (Phi) is 6.47. The molecular formula is C25H30N2O4. The van der Waals surface area contributed by atoms with Crippen LogP contribution in [0.3, 0.4) is 0 Å². The van der Waals surface area contributed by atoms with Crippen LogP contribution in [0.2, 0.25) is 0 Å². The molecule has 2 aliphatic heterocycles. The van der Waals surface area contributed by atoms with Crippen molar-refractivity contribution in [2.45, 2.75) is 25.4 Å². The average molecular weight is 423 g/mol. The van der Waals surface area contributed by atoms with E-state index in [0.717, 1.165) is 44.6 Å². The lowest BCUT2D eigenvalue weighted by atomic mass is 9.98. The van der Waals surface area contributed by atoms with Gasteiger partial charge in [0, 0.05) is 38.3 Å². The first-order valence-corrected chi connectivity index (χ1v) is 10.7. The van der Waals surface area contributed by atoms with E-state index in [-0.39, 0.29) is 5.91 Å². The van der Waals surface area contributed by atoms with Crippen molar-refractivity contribution in [2.75, 3.05) is 41.0 Å². The van der Waals surface area contributed by atoms with Gasteiger partial charge in [0.2, 0.25) is 11.7 Å². The van der Waals surface area contributed by atoms with Crippen molar-refractivity contribution >= 4 is 12.0 Å². The van der Waals surface area contributed by atoms with Crippen LogP contribution < -0.4 is 14.2 Å². The van der Waals surface area contributed by atoms with Crippen molar-refractivity contribution in [3.8, 4) is 17.2 Å². The molecule has 1 fully saturated rings. The number of methoxy groups -OCH3 is 3. The van der Waals surface area contributed by atoms with Gasteiger partial charge in [-0.15, -0.1) is 0 Å². The van der Waals surface area contributed by atoms with Gasteiger partial charge in [-0.3, -0.25) is 9.69 Å². The van der Waals surface area contributed by atoms with Crippen LogP contribution in [0.5, 0.6) is 17.2 Å². The Hall–Kier alpha value is -2.99. The Labute approximate surface area is 184 Å². The number of rotatable bonds is 6. The molecule has 2 aromatic rings. The van der Waals surface area contributed by atoms with E-state index in [1.165, 1.54) is 11.1 Å². The van der Waals surface area contributed by atoms with Gasteiger partial charge < -0.3 is 19.1 Å². The second kappa shape index (κ2) is 9.43. The van der Waals surface area contributed by atoms with Gasteiger partial charge in [0.15, 0.2) is 11.5 Å². The third kappa shape index (κ3) is 4.54. The Bertz CT molecular complexity index is 947. The Morgan fingerprint density at radius 3 is 2.39 bits per heavy atom. The summed E-state index contributed by atoms with van der Waals surface area (Å²) in [6, 6.07) is 12.8. The molecule has 0 saturated carbocycles. The summed E-state index contributed by atoms with van der Waals surface area (Å²) in [7, 11) is 4.74. The number of fused-ring (bicyclic) bond motifs is 1. The lowest BCUT2D eigenvalue weighted by molar-refractivity contribution is -0.125. The van der Waals surface area contributed by atoms with E-state index in [0.29, 0.717) is 23.3 Å². The van der Waals surface area contributed by atoms with Gasteiger partial charge in [-0.1, -0.05) is 24.3 Å². The molecular weight excluding hydrogens is 392 g/mol. The number of benzene rings is 2. The summed E-state index contributed by atoms with van der Waals surface area (Å²) >= 11 is 0. The molecule has 0 bridgehead atoms. The lowest BCUT2D eigenvalue weighted by Crippen LogP contribution is -2.41. The quantitative estimate of drug-likeness (QED) is 0.668. The molecule has 31 heavy (non-hydrogen) atoms. The summed E-state index contributed by atoms with van der Waals surface area (Å²) in [6.45, 7) is 3.61. The highest BCUT2D eigenvalue weighted by atomic mass is 16.5. The molecule has 0 spiro atoms.